The molecule has 0 aliphatic rings. The van der Waals surface area contributed by atoms with Crippen LogP contribution in [0, 0.1) is 11.8 Å². The third-order valence-corrected chi connectivity index (χ3v) is 1.65. The average molecular weight is 219 g/mol. The molecule has 1 aromatic heterocycles. The summed E-state index contributed by atoms with van der Waals surface area (Å²) in [5, 5.41) is 0. The number of rotatable bonds is 3. The molecule has 0 fully saturated rings. The van der Waals surface area contributed by atoms with E-state index >= 15 is 0 Å². The number of aromatic nitrogens is 1. The minimum absolute atomic E-state index is 0.0653. The number of hydrogen-bond donors (Lipinski definition) is 2. The van der Waals surface area contributed by atoms with Crippen molar-refractivity contribution in [2.24, 2.45) is 5.84 Å². The van der Waals surface area contributed by atoms with Crippen molar-refractivity contribution in [1.82, 2.24) is 4.98 Å². The first-order valence-electron chi connectivity index (χ1n) is 4.84. The lowest BCUT2D eigenvalue weighted by Gasteiger charge is -1.97. The smallest absolute Gasteiger partial charge is 0.317 e. The lowest BCUT2D eigenvalue weighted by atomic mass is 10.3. The Morgan fingerprint density at radius 1 is 1.62 bits per heavy atom. The highest BCUT2D eigenvalue weighted by atomic mass is 16.5. The van der Waals surface area contributed by atoms with Crippen LogP contribution < -0.4 is 11.3 Å². The van der Waals surface area contributed by atoms with Crippen molar-refractivity contribution in [3.8, 4) is 11.8 Å². The number of nitrogens with zero attached hydrogens (tertiary/aromatic N) is 1. The third kappa shape index (κ3) is 3.98. The highest BCUT2D eigenvalue weighted by Crippen LogP contribution is 2.01. The van der Waals surface area contributed by atoms with Gasteiger partial charge in [-0.1, -0.05) is 12.0 Å². The van der Waals surface area contributed by atoms with Crippen LogP contribution in [0.1, 0.15) is 19.0 Å². The van der Waals surface area contributed by atoms with E-state index in [4.69, 9.17) is 10.6 Å². The molecule has 84 valence electrons. The molecule has 16 heavy (non-hydrogen) atoms. The normalized spacial score (nSPS) is 8.88. The Bertz CT molecular complexity index is 421. The number of nitrogen functional groups attached to an aromatic ring is 1. The predicted octanol–water partition coefficient (Wildman–Crippen LogP) is 0.672. The Balaban J connectivity index is 2.59. The van der Waals surface area contributed by atoms with Gasteiger partial charge in [0.2, 0.25) is 0 Å². The van der Waals surface area contributed by atoms with Crippen LogP contribution in [0.5, 0.6) is 0 Å². The van der Waals surface area contributed by atoms with Crippen LogP contribution in [0.15, 0.2) is 18.2 Å². The van der Waals surface area contributed by atoms with Gasteiger partial charge in [0.15, 0.2) is 0 Å². The van der Waals surface area contributed by atoms with Gasteiger partial charge in [-0.15, -0.1) is 0 Å². The topological polar surface area (TPSA) is 77.2 Å². The Labute approximate surface area is 94.0 Å². The fraction of sp³-hybridized carbons (Fsp3) is 0.273. The number of esters is 1. The summed E-state index contributed by atoms with van der Waals surface area (Å²) in [6.45, 7) is 2.12. The number of ether oxygens (including phenoxy) is 1. The second-order valence-corrected chi connectivity index (χ2v) is 2.84. The number of pyridine rings is 1. The molecule has 0 radical (unpaired) electrons. The number of hydrogen-bond acceptors (Lipinski definition) is 5. The molecular formula is C11H13N3O2. The number of hydrazine groups is 1. The fourth-order valence-corrected chi connectivity index (χ4v) is 1.00. The molecule has 0 bridgehead atoms. The first-order valence-corrected chi connectivity index (χ1v) is 4.84. The van der Waals surface area contributed by atoms with Crippen LogP contribution in [-0.4, -0.2) is 17.6 Å². The highest BCUT2D eigenvalue weighted by Gasteiger charge is 1.96. The van der Waals surface area contributed by atoms with Crippen molar-refractivity contribution < 1.29 is 9.53 Å². The minimum atomic E-state index is -0.330. The Morgan fingerprint density at radius 2 is 2.44 bits per heavy atom. The van der Waals surface area contributed by atoms with E-state index in [1.54, 1.807) is 25.1 Å². The molecule has 1 rings (SSSR count). The van der Waals surface area contributed by atoms with Crippen LogP contribution in [-0.2, 0) is 9.53 Å². The van der Waals surface area contributed by atoms with E-state index in [1.807, 2.05) is 0 Å². The molecule has 0 unspecified atom stereocenters. The van der Waals surface area contributed by atoms with Crippen molar-refractivity contribution >= 4 is 11.8 Å². The van der Waals surface area contributed by atoms with Crippen molar-refractivity contribution in [2.45, 2.75) is 13.3 Å². The second kappa shape index (κ2) is 6.43. The van der Waals surface area contributed by atoms with Crippen molar-refractivity contribution in [3.05, 3.63) is 23.9 Å². The van der Waals surface area contributed by atoms with E-state index in [9.17, 15) is 4.79 Å². The molecule has 0 atom stereocenters. The first-order chi connectivity index (χ1) is 7.76. The van der Waals surface area contributed by atoms with E-state index in [1.165, 1.54) is 0 Å². The molecule has 5 heteroatoms. The highest BCUT2D eigenvalue weighted by molar-refractivity contribution is 5.72. The van der Waals surface area contributed by atoms with Crippen LogP contribution >= 0.6 is 0 Å². The molecule has 0 amide bonds. The van der Waals surface area contributed by atoms with E-state index in [0.717, 1.165) is 0 Å². The molecule has 0 aliphatic heterocycles. The van der Waals surface area contributed by atoms with E-state index < -0.39 is 0 Å². The van der Waals surface area contributed by atoms with Gasteiger partial charge in [0.1, 0.15) is 17.9 Å². The molecule has 0 spiro atoms. The largest absolute Gasteiger partial charge is 0.465 e. The van der Waals surface area contributed by atoms with Crippen molar-refractivity contribution in [2.75, 3.05) is 12.0 Å². The van der Waals surface area contributed by atoms with Crippen molar-refractivity contribution in [3.63, 3.8) is 0 Å². The van der Waals surface area contributed by atoms with E-state index in [0.29, 0.717) is 18.1 Å². The summed E-state index contributed by atoms with van der Waals surface area (Å²) in [6.07, 6.45) is 0.0653. The molecule has 0 saturated carbocycles. The van der Waals surface area contributed by atoms with Crippen LogP contribution in [0.3, 0.4) is 0 Å². The zero-order valence-corrected chi connectivity index (χ0v) is 8.99. The fourth-order valence-electron chi connectivity index (χ4n) is 1.00. The van der Waals surface area contributed by atoms with Gasteiger partial charge in [-0.2, -0.15) is 0 Å². The summed E-state index contributed by atoms with van der Waals surface area (Å²) in [6, 6.07) is 5.23. The van der Waals surface area contributed by atoms with Gasteiger partial charge in [-0.3, -0.25) is 4.79 Å². The van der Waals surface area contributed by atoms with Crippen molar-refractivity contribution in [1.29, 1.82) is 0 Å². The summed E-state index contributed by atoms with van der Waals surface area (Å²) < 4.78 is 4.73. The standard InChI is InChI=1S/C11H13N3O2/c1-2-16-11(15)8-4-6-9-5-3-7-10(13-9)14-12/h3,5,7H,2,8,12H2,1H3,(H,13,14). The molecule has 5 nitrogen and oxygen atoms in total. The molecule has 0 aromatic carbocycles. The summed E-state index contributed by atoms with van der Waals surface area (Å²) >= 11 is 0. The van der Waals surface area contributed by atoms with Crippen LogP contribution in [0.2, 0.25) is 0 Å². The monoisotopic (exact) mass is 219 g/mol. The number of nitrogens with one attached hydrogen (secondary N) is 1. The summed E-state index contributed by atoms with van der Waals surface area (Å²) in [5.74, 6) is 10.8. The predicted molar refractivity (Wildman–Crippen MR) is 60.2 cm³/mol. The quantitative estimate of drug-likeness (QED) is 0.338. The Kier molecular flexibility index (Phi) is 4.83. The third-order valence-electron chi connectivity index (χ3n) is 1.65. The van der Waals surface area contributed by atoms with Gasteiger partial charge in [0, 0.05) is 0 Å². The zero-order valence-electron chi connectivity index (χ0n) is 8.99. The molecule has 1 heterocycles. The molecular weight excluding hydrogens is 206 g/mol. The lowest BCUT2D eigenvalue weighted by Crippen LogP contribution is -2.08. The van der Waals surface area contributed by atoms with Gasteiger partial charge >= 0.3 is 5.97 Å². The van der Waals surface area contributed by atoms with Crippen LogP contribution in [0.4, 0.5) is 5.82 Å². The molecule has 3 N–H and O–H groups in total. The Morgan fingerprint density at radius 3 is 3.12 bits per heavy atom. The van der Waals surface area contributed by atoms with E-state index in [2.05, 4.69) is 22.3 Å². The zero-order chi connectivity index (χ0) is 11.8. The van der Waals surface area contributed by atoms with Gasteiger partial charge in [-0.25, -0.2) is 10.8 Å². The lowest BCUT2D eigenvalue weighted by molar-refractivity contribution is -0.141. The van der Waals surface area contributed by atoms with Gasteiger partial charge in [0.25, 0.3) is 0 Å². The number of nitrogens with two attached hydrogens (primary N) is 1. The maximum Gasteiger partial charge on any atom is 0.317 e. The van der Waals surface area contributed by atoms with Gasteiger partial charge in [-0.05, 0) is 25.0 Å². The molecule has 1 aromatic rings. The van der Waals surface area contributed by atoms with Gasteiger partial charge < -0.3 is 10.2 Å². The summed E-state index contributed by atoms with van der Waals surface area (Å²) in [4.78, 5) is 15.1. The molecule has 0 aliphatic carbocycles. The number of carbonyl (C=O) groups excluding carboxylic acids is 1. The summed E-state index contributed by atoms with van der Waals surface area (Å²) in [5.41, 5.74) is 2.97. The maximum absolute atomic E-state index is 11.0. The number of carbonyl (C=O) groups is 1. The van der Waals surface area contributed by atoms with E-state index in [-0.39, 0.29) is 12.4 Å². The summed E-state index contributed by atoms with van der Waals surface area (Å²) in [7, 11) is 0. The maximum atomic E-state index is 11.0. The molecule has 0 saturated heterocycles. The average Bonchev–Trinajstić information content (AvgIpc) is 2.30. The Hall–Kier alpha value is -2.06. The van der Waals surface area contributed by atoms with Crippen LogP contribution in [0.25, 0.3) is 0 Å². The minimum Gasteiger partial charge on any atom is -0.465 e. The second-order valence-electron chi connectivity index (χ2n) is 2.84. The number of anilines is 1. The SMILES string of the molecule is CCOC(=O)CC#Cc1cccc(NN)n1. The first kappa shape index (κ1) is 12.0. The van der Waals surface area contributed by atoms with Gasteiger partial charge in [0.05, 0.1) is 6.61 Å².